The third-order valence-corrected chi connectivity index (χ3v) is 3.46. The van der Waals surface area contributed by atoms with Gasteiger partial charge in [-0.25, -0.2) is 8.78 Å². The minimum absolute atomic E-state index is 0.113. The van der Waals surface area contributed by atoms with Gasteiger partial charge in [0.15, 0.2) is 0 Å². The molecule has 0 aliphatic carbocycles. The van der Waals surface area contributed by atoms with Gasteiger partial charge >= 0.3 is 0 Å². The molecular weight excluding hydrogens is 371 g/mol. The molecule has 1 aromatic rings. The minimum Gasteiger partial charge on any atom is -0.392 e. The van der Waals surface area contributed by atoms with E-state index in [0.29, 0.717) is 14.6 Å². The van der Waals surface area contributed by atoms with Crippen molar-refractivity contribution in [2.75, 3.05) is 0 Å². The highest BCUT2D eigenvalue weighted by molar-refractivity contribution is 14.1. The lowest BCUT2D eigenvalue weighted by atomic mass is 10.1. The number of pyridine rings is 1. The van der Waals surface area contributed by atoms with Gasteiger partial charge in [-0.1, -0.05) is 15.9 Å². The summed E-state index contributed by atoms with van der Waals surface area (Å²) in [7, 11) is 0. The minimum atomic E-state index is -2.58. The van der Waals surface area contributed by atoms with E-state index in [-0.39, 0.29) is 11.1 Å². The largest absolute Gasteiger partial charge is 0.392 e. The number of alkyl halides is 3. The van der Waals surface area contributed by atoms with Gasteiger partial charge in [-0.15, -0.1) is 0 Å². The van der Waals surface area contributed by atoms with Crippen LogP contribution in [-0.2, 0) is 11.9 Å². The molecule has 1 rings (SSSR count). The van der Waals surface area contributed by atoms with Gasteiger partial charge in [-0.2, -0.15) is 0 Å². The number of nitrogens with zero attached hydrogens (tertiary/aromatic N) is 1. The Balaban J connectivity index is 3.31. The third kappa shape index (κ3) is 2.40. The van der Waals surface area contributed by atoms with Crippen molar-refractivity contribution in [3.05, 3.63) is 26.6 Å². The van der Waals surface area contributed by atoms with Crippen molar-refractivity contribution in [2.24, 2.45) is 0 Å². The molecule has 0 radical (unpaired) electrons. The highest BCUT2D eigenvalue weighted by atomic mass is 127. The van der Waals surface area contributed by atoms with E-state index >= 15 is 0 Å². The van der Waals surface area contributed by atoms with Crippen molar-refractivity contribution in [3.63, 3.8) is 0 Å². The van der Waals surface area contributed by atoms with E-state index < -0.39 is 13.0 Å². The molecule has 0 atom stereocenters. The molecule has 0 aliphatic rings. The van der Waals surface area contributed by atoms with Crippen LogP contribution in [0.25, 0.3) is 0 Å². The highest BCUT2D eigenvalue weighted by Gasteiger charge is 2.19. The maximum atomic E-state index is 12.6. The molecule has 0 amide bonds. The summed E-state index contributed by atoms with van der Waals surface area (Å²) in [6.07, 6.45) is -1.29. The van der Waals surface area contributed by atoms with Crippen molar-refractivity contribution in [1.82, 2.24) is 4.98 Å². The van der Waals surface area contributed by atoms with E-state index in [1.165, 1.54) is 6.20 Å². The Hall–Kier alpha value is 0.180. The number of aliphatic hydroxyl groups excluding tert-OH is 1. The molecule has 1 heterocycles. The van der Waals surface area contributed by atoms with E-state index in [1.54, 1.807) is 0 Å². The van der Waals surface area contributed by atoms with Gasteiger partial charge in [0, 0.05) is 26.2 Å². The van der Waals surface area contributed by atoms with Crippen LogP contribution in [-0.4, -0.2) is 10.1 Å². The number of aliphatic hydroxyl groups is 1. The van der Waals surface area contributed by atoms with E-state index in [1.807, 2.05) is 22.6 Å². The van der Waals surface area contributed by atoms with Crippen molar-refractivity contribution in [1.29, 1.82) is 0 Å². The van der Waals surface area contributed by atoms with Crippen molar-refractivity contribution >= 4 is 38.5 Å². The van der Waals surface area contributed by atoms with Crippen LogP contribution in [0.3, 0.4) is 0 Å². The summed E-state index contributed by atoms with van der Waals surface area (Å²) in [5, 5.41) is 9.29. The SMILES string of the molecule is OCc1cnc(CBr)c(I)c1C(F)F. The lowest BCUT2D eigenvalue weighted by molar-refractivity contribution is 0.145. The van der Waals surface area contributed by atoms with Crippen LogP contribution in [0.1, 0.15) is 23.2 Å². The Morgan fingerprint density at radius 3 is 2.64 bits per heavy atom. The van der Waals surface area contributed by atoms with Gasteiger partial charge in [0.25, 0.3) is 6.43 Å². The van der Waals surface area contributed by atoms with E-state index in [4.69, 9.17) is 5.11 Å². The van der Waals surface area contributed by atoms with Crippen molar-refractivity contribution in [2.45, 2.75) is 18.4 Å². The van der Waals surface area contributed by atoms with E-state index in [0.717, 1.165) is 0 Å². The van der Waals surface area contributed by atoms with Gasteiger partial charge < -0.3 is 5.11 Å². The highest BCUT2D eigenvalue weighted by Crippen LogP contribution is 2.30. The summed E-state index contributed by atoms with van der Waals surface area (Å²) in [5.74, 6) is 0. The molecule has 78 valence electrons. The van der Waals surface area contributed by atoms with Gasteiger partial charge in [-0.3, -0.25) is 4.98 Å². The van der Waals surface area contributed by atoms with Crippen molar-refractivity contribution in [3.8, 4) is 0 Å². The normalized spacial score (nSPS) is 11.0. The maximum absolute atomic E-state index is 12.6. The van der Waals surface area contributed by atoms with Gasteiger partial charge in [0.05, 0.1) is 12.3 Å². The second-order valence-corrected chi connectivity index (χ2v) is 4.19. The molecule has 0 saturated carbocycles. The number of hydrogen-bond acceptors (Lipinski definition) is 2. The smallest absolute Gasteiger partial charge is 0.265 e. The molecule has 0 unspecified atom stereocenters. The topological polar surface area (TPSA) is 33.1 Å². The van der Waals surface area contributed by atoms with Crippen LogP contribution in [0.4, 0.5) is 8.78 Å². The van der Waals surface area contributed by atoms with Crippen LogP contribution >= 0.6 is 38.5 Å². The maximum Gasteiger partial charge on any atom is 0.265 e. The molecule has 0 bridgehead atoms. The Bertz CT molecular complexity index is 335. The molecule has 0 saturated heterocycles. The molecule has 0 fully saturated rings. The quantitative estimate of drug-likeness (QED) is 0.648. The first-order valence-corrected chi connectivity index (χ1v) is 5.93. The second-order valence-electron chi connectivity index (χ2n) is 2.55. The monoisotopic (exact) mass is 377 g/mol. The number of hydrogen-bond donors (Lipinski definition) is 1. The van der Waals surface area contributed by atoms with Crippen LogP contribution in [0.2, 0.25) is 0 Å². The Kier molecular flexibility index (Phi) is 4.65. The molecule has 0 aromatic carbocycles. The molecule has 14 heavy (non-hydrogen) atoms. The lowest BCUT2D eigenvalue weighted by Gasteiger charge is -2.10. The summed E-state index contributed by atoms with van der Waals surface area (Å²) in [6.45, 7) is -0.411. The summed E-state index contributed by atoms with van der Waals surface area (Å²) in [5.41, 5.74) is 0.643. The molecular formula is C8H7BrF2INO. The van der Waals surface area contributed by atoms with Crippen LogP contribution < -0.4 is 0 Å². The standard InChI is InChI=1S/C8H7BrF2INO/c9-1-5-7(12)6(8(10)11)4(3-14)2-13-5/h2,8,14H,1,3H2. The number of halogens is 4. The molecule has 1 N–H and O–H groups in total. The van der Waals surface area contributed by atoms with Crippen LogP contribution in [0.5, 0.6) is 0 Å². The summed E-state index contributed by atoms with van der Waals surface area (Å²) < 4.78 is 25.7. The fraction of sp³-hybridized carbons (Fsp3) is 0.375. The van der Waals surface area contributed by atoms with Gasteiger partial charge in [-0.05, 0) is 22.6 Å². The van der Waals surface area contributed by atoms with Gasteiger partial charge in [0.2, 0.25) is 0 Å². The van der Waals surface area contributed by atoms with E-state index in [9.17, 15) is 8.78 Å². The lowest BCUT2D eigenvalue weighted by Crippen LogP contribution is -2.03. The summed E-state index contributed by atoms with van der Waals surface area (Å²) in [6, 6.07) is 0. The Morgan fingerprint density at radius 1 is 1.57 bits per heavy atom. The zero-order valence-electron chi connectivity index (χ0n) is 6.98. The average molecular weight is 378 g/mol. The van der Waals surface area contributed by atoms with Gasteiger partial charge in [0.1, 0.15) is 0 Å². The van der Waals surface area contributed by atoms with Crippen LogP contribution in [0, 0.1) is 3.57 Å². The molecule has 0 spiro atoms. The molecule has 2 nitrogen and oxygen atoms in total. The first-order chi connectivity index (χ1) is 6.61. The first kappa shape index (κ1) is 12.3. The predicted molar refractivity (Wildman–Crippen MR) is 60.5 cm³/mol. The average Bonchev–Trinajstić information content (AvgIpc) is 2.16. The molecule has 0 aliphatic heterocycles. The second kappa shape index (κ2) is 5.32. The van der Waals surface area contributed by atoms with Crippen molar-refractivity contribution < 1.29 is 13.9 Å². The zero-order valence-corrected chi connectivity index (χ0v) is 10.7. The van der Waals surface area contributed by atoms with Crippen LogP contribution in [0.15, 0.2) is 6.20 Å². The Labute approximate surface area is 102 Å². The number of aromatic nitrogens is 1. The summed E-state index contributed by atoms with van der Waals surface area (Å²) >= 11 is 4.98. The first-order valence-electron chi connectivity index (χ1n) is 3.73. The third-order valence-electron chi connectivity index (χ3n) is 1.73. The fourth-order valence-corrected chi connectivity index (χ4v) is 2.89. The fourth-order valence-electron chi connectivity index (χ4n) is 1.03. The zero-order chi connectivity index (χ0) is 10.7. The Morgan fingerprint density at radius 2 is 2.21 bits per heavy atom. The summed E-state index contributed by atoms with van der Waals surface area (Å²) in [4.78, 5) is 3.96. The molecule has 1 aromatic heterocycles. The number of rotatable bonds is 3. The predicted octanol–water partition coefficient (Wildman–Crippen LogP) is 3.01. The van der Waals surface area contributed by atoms with E-state index in [2.05, 4.69) is 20.9 Å². The molecule has 6 heteroatoms.